The molecule has 2 aromatic heterocycles. The van der Waals surface area contributed by atoms with E-state index in [1.807, 2.05) is 20.8 Å². The summed E-state index contributed by atoms with van der Waals surface area (Å²) in [5.41, 5.74) is -0.465. The van der Waals surface area contributed by atoms with Gasteiger partial charge in [-0.05, 0) is 58.9 Å². The average molecular weight is 488 g/mol. The molecule has 0 bridgehead atoms. The van der Waals surface area contributed by atoms with E-state index < -0.39 is 17.1 Å². The van der Waals surface area contributed by atoms with E-state index in [0.29, 0.717) is 48.8 Å². The van der Waals surface area contributed by atoms with Gasteiger partial charge in [0.15, 0.2) is 5.67 Å². The predicted molar refractivity (Wildman–Crippen MR) is 128 cm³/mol. The maximum Gasteiger partial charge on any atom is 0.410 e. The monoisotopic (exact) mass is 487 g/mol. The highest BCUT2D eigenvalue weighted by molar-refractivity contribution is 5.69. The first-order chi connectivity index (χ1) is 16.5. The minimum atomic E-state index is -1.60. The molecule has 0 N–H and O–H groups in total. The molecule has 0 aromatic carbocycles. The van der Waals surface area contributed by atoms with E-state index in [1.54, 1.807) is 29.0 Å². The van der Waals surface area contributed by atoms with E-state index in [0.717, 1.165) is 38.5 Å². The summed E-state index contributed by atoms with van der Waals surface area (Å²) in [5, 5.41) is 4.16. The Kier molecular flexibility index (Phi) is 5.89. The molecular formula is C26H35F2N5O2. The van der Waals surface area contributed by atoms with Crippen LogP contribution in [0.5, 0.6) is 0 Å². The molecule has 1 amide bonds. The number of likely N-dealkylation sites (tertiary alicyclic amines) is 2. The van der Waals surface area contributed by atoms with Gasteiger partial charge in [0.2, 0.25) is 0 Å². The van der Waals surface area contributed by atoms with Crippen LogP contribution in [0.4, 0.5) is 13.6 Å². The molecule has 5 rings (SSSR count). The number of rotatable bonds is 3. The molecule has 3 fully saturated rings. The fourth-order valence-corrected chi connectivity index (χ4v) is 6.05. The van der Waals surface area contributed by atoms with Crippen molar-refractivity contribution >= 4 is 6.09 Å². The van der Waals surface area contributed by atoms with Gasteiger partial charge in [-0.1, -0.05) is 0 Å². The van der Waals surface area contributed by atoms with Gasteiger partial charge in [0.25, 0.3) is 0 Å². The summed E-state index contributed by atoms with van der Waals surface area (Å²) in [4.78, 5) is 20.8. The van der Waals surface area contributed by atoms with Crippen molar-refractivity contribution in [3.63, 3.8) is 0 Å². The summed E-state index contributed by atoms with van der Waals surface area (Å²) >= 11 is 0. The van der Waals surface area contributed by atoms with Crippen LogP contribution < -0.4 is 0 Å². The lowest BCUT2D eigenvalue weighted by Gasteiger charge is -2.48. The minimum absolute atomic E-state index is 0.164. The third-order valence-electron chi connectivity index (χ3n) is 7.78. The molecule has 1 saturated carbocycles. The number of nitrogens with zero attached hydrogens (tertiary/aromatic N) is 5. The highest BCUT2D eigenvalue weighted by atomic mass is 19.1. The molecule has 2 saturated heterocycles. The van der Waals surface area contributed by atoms with Crippen LogP contribution in [0, 0.1) is 11.2 Å². The lowest BCUT2D eigenvalue weighted by Crippen LogP contribution is -2.58. The van der Waals surface area contributed by atoms with E-state index in [4.69, 9.17) is 4.74 Å². The van der Waals surface area contributed by atoms with E-state index in [1.165, 1.54) is 6.07 Å². The topological polar surface area (TPSA) is 63.5 Å². The second-order valence-corrected chi connectivity index (χ2v) is 11.7. The maximum absolute atomic E-state index is 16.3. The second-order valence-electron chi connectivity index (χ2n) is 11.7. The zero-order valence-corrected chi connectivity index (χ0v) is 21.1. The zero-order valence-electron chi connectivity index (χ0n) is 21.1. The van der Waals surface area contributed by atoms with Crippen LogP contribution in [0.25, 0.3) is 11.1 Å². The minimum Gasteiger partial charge on any atom is -0.444 e. The number of amides is 1. The smallest absolute Gasteiger partial charge is 0.410 e. The zero-order chi connectivity index (χ0) is 25.0. The van der Waals surface area contributed by atoms with Gasteiger partial charge in [-0.2, -0.15) is 5.10 Å². The molecule has 2 aromatic rings. The SMILES string of the molecule is Cn1cc(-c2cc(F)cnc2C2(F)CCN(C3CCC4(C3)CN(C(=O)OC(C)(C)C)C4)CC2)cn1. The Labute approximate surface area is 205 Å². The summed E-state index contributed by atoms with van der Waals surface area (Å²) in [5.74, 6) is -0.481. The normalized spacial score (nSPS) is 23.9. The lowest BCUT2D eigenvalue weighted by atomic mass is 9.78. The maximum atomic E-state index is 16.3. The predicted octanol–water partition coefficient (Wildman–Crippen LogP) is 4.67. The second kappa shape index (κ2) is 8.54. The Hall–Kier alpha value is -2.55. The van der Waals surface area contributed by atoms with Crippen molar-refractivity contribution in [1.82, 2.24) is 24.6 Å². The molecule has 3 aliphatic rings. The highest BCUT2D eigenvalue weighted by Gasteiger charge is 2.52. The number of carbonyl (C=O) groups excluding carboxylic acids is 1. The molecule has 7 nitrogen and oxygen atoms in total. The molecule has 1 unspecified atom stereocenters. The van der Waals surface area contributed by atoms with Crippen molar-refractivity contribution in [2.75, 3.05) is 26.2 Å². The van der Waals surface area contributed by atoms with Crippen LogP contribution in [0.1, 0.15) is 58.6 Å². The fraction of sp³-hybridized carbons (Fsp3) is 0.654. The number of alkyl halides is 1. The molecule has 4 heterocycles. The van der Waals surface area contributed by atoms with Crippen molar-refractivity contribution in [2.45, 2.75) is 70.2 Å². The molecule has 2 aliphatic heterocycles. The number of aryl methyl sites for hydroxylation is 1. The van der Waals surface area contributed by atoms with Crippen LogP contribution in [-0.4, -0.2) is 68.5 Å². The third kappa shape index (κ3) is 4.79. The first-order valence-corrected chi connectivity index (χ1v) is 12.5. The van der Waals surface area contributed by atoms with Gasteiger partial charge in [0.05, 0.1) is 18.1 Å². The van der Waals surface area contributed by atoms with Crippen LogP contribution in [0.3, 0.4) is 0 Å². The molecule has 1 aliphatic carbocycles. The molecule has 1 spiro atoms. The number of carbonyl (C=O) groups is 1. The summed E-state index contributed by atoms with van der Waals surface area (Å²) in [6.07, 6.45) is 8.08. The van der Waals surface area contributed by atoms with Gasteiger partial charge in [-0.15, -0.1) is 0 Å². The van der Waals surface area contributed by atoms with Crippen molar-refractivity contribution in [2.24, 2.45) is 12.5 Å². The summed E-state index contributed by atoms with van der Waals surface area (Å²) in [7, 11) is 1.78. The molecule has 0 radical (unpaired) electrons. The van der Waals surface area contributed by atoms with Crippen molar-refractivity contribution in [3.05, 3.63) is 36.2 Å². The number of halogens is 2. The quantitative estimate of drug-likeness (QED) is 0.630. The number of piperidine rings is 1. The van der Waals surface area contributed by atoms with Crippen molar-refractivity contribution in [3.8, 4) is 11.1 Å². The van der Waals surface area contributed by atoms with Gasteiger partial charge in [0.1, 0.15) is 11.4 Å². The van der Waals surface area contributed by atoms with Gasteiger partial charge < -0.3 is 14.5 Å². The van der Waals surface area contributed by atoms with Gasteiger partial charge in [-0.3, -0.25) is 9.67 Å². The Morgan fingerprint density at radius 2 is 1.89 bits per heavy atom. The van der Waals surface area contributed by atoms with Crippen LogP contribution >= 0.6 is 0 Å². The lowest BCUT2D eigenvalue weighted by molar-refractivity contribution is -0.0364. The molecule has 190 valence electrons. The van der Waals surface area contributed by atoms with Crippen molar-refractivity contribution in [1.29, 1.82) is 0 Å². The Bertz CT molecular complexity index is 1100. The number of pyridine rings is 1. The first-order valence-electron chi connectivity index (χ1n) is 12.5. The summed E-state index contributed by atoms with van der Waals surface area (Å²) < 4.78 is 37.4. The van der Waals surface area contributed by atoms with Gasteiger partial charge >= 0.3 is 6.09 Å². The number of aromatic nitrogens is 3. The Morgan fingerprint density at radius 3 is 2.51 bits per heavy atom. The van der Waals surface area contributed by atoms with Crippen LogP contribution in [0.2, 0.25) is 0 Å². The summed E-state index contributed by atoms with van der Waals surface area (Å²) in [6.45, 7) is 8.41. The van der Waals surface area contributed by atoms with Crippen molar-refractivity contribution < 1.29 is 18.3 Å². The molecule has 1 atom stereocenters. The number of ether oxygens (including phenoxy) is 1. The van der Waals surface area contributed by atoms with E-state index in [9.17, 15) is 9.18 Å². The third-order valence-corrected chi connectivity index (χ3v) is 7.78. The van der Waals surface area contributed by atoms with E-state index >= 15 is 4.39 Å². The summed E-state index contributed by atoms with van der Waals surface area (Å²) in [6, 6.07) is 1.76. The number of hydrogen-bond donors (Lipinski definition) is 0. The fourth-order valence-electron chi connectivity index (χ4n) is 6.05. The Morgan fingerprint density at radius 1 is 1.17 bits per heavy atom. The van der Waals surface area contributed by atoms with Crippen LogP contribution in [-0.2, 0) is 17.5 Å². The standard InChI is InChI=1S/C26H35F2N5O2/c1-24(2,3)35-23(34)33-16-25(17-33)6-5-20(12-25)32-9-7-26(28,8-10-32)22-21(11-19(27)14-29-22)18-13-30-31(4)15-18/h11,13-15,20H,5-10,12,16-17H2,1-4H3. The average Bonchev–Trinajstić information content (AvgIpc) is 3.39. The first kappa shape index (κ1) is 24.2. The largest absolute Gasteiger partial charge is 0.444 e. The number of hydrogen-bond acceptors (Lipinski definition) is 5. The van der Waals surface area contributed by atoms with Crippen LogP contribution in [0.15, 0.2) is 24.7 Å². The van der Waals surface area contributed by atoms with E-state index in [2.05, 4.69) is 15.0 Å². The Balaban J connectivity index is 1.21. The van der Waals surface area contributed by atoms with E-state index in [-0.39, 0.29) is 11.5 Å². The van der Waals surface area contributed by atoms with Gasteiger partial charge in [0, 0.05) is 62.0 Å². The highest BCUT2D eigenvalue weighted by Crippen LogP contribution is 2.49. The molecule has 9 heteroatoms. The molecular weight excluding hydrogens is 452 g/mol. The molecule has 35 heavy (non-hydrogen) atoms. The van der Waals surface area contributed by atoms with Gasteiger partial charge in [-0.25, -0.2) is 13.6 Å².